The molecule has 4 amide bonds. The number of nitrogens with zero attached hydrogens (tertiary/aromatic N) is 6. The van der Waals surface area contributed by atoms with E-state index in [9.17, 15) is 24.0 Å². The molecule has 1 saturated carbocycles. The van der Waals surface area contributed by atoms with E-state index < -0.39 is 52.1 Å². The van der Waals surface area contributed by atoms with Crippen molar-refractivity contribution in [3.63, 3.8) is 0 Å². The second kappa shape index (κ2) is 19.8. The van der Waals surface area contributed by atoms with Gasteiger partial charge in [-0.25, -0.2) is 19.4 Å². The number of hydrogen-bond acceptors (Lipinski definition) is 14. The summed E-state index contributed by atoms with van der Waals surface area (Å²) in [4.78, 5) is 80.8. The van der Waals surface area contributed by atoms with Gasteiger partial charge in [0.2, 0.25) is 5.52 Å². The Morgan fingerprint density at radius 2 is 1.76 bits per heavy atom. The molecule has 4 aromatic rings. The Hall–Kier alpha value is -5.86. The molecule has 0 bridgehead atoms. The SMILES string of the molecule is COc1ccc(COC(=O)C2=C(C[n+]3cccc4c3ccn4CCCN(C)C(=O)OC(C)(C)C)CSC3C(NC(=O)/C(=N\OC4(C)CC4)c4nc(NC(=O)OC(C)(C)C)sc4Cl)C(=O)N23)cc1. The third-order valence-electron chi connectivity index (χ3n) is 10.8. The van der Waals surface area contributed by atoms with Crippen LogP contribution in [0, 0.1) is 0 Å². The van der Waals surface area contributed by atoms with E-state index in [1.165, 1.54) is 16.7 Å². The standard InChI is InChI=1S/C46H55ClN8O10S2/c1-44(2,3)63-42(59)50-41-49-32(36(47)67-41)33(51-65-46(7)18-19-46)37(56)48-34-38(57)55-35(40(58)62-25-27-13-15-29(61-9)16-14-27)28(26-66-39(34)55)24-54-21-10-12-30-31(54)17-23-53(30)22-11-20-52(8)43(60)64-45(4,5)6/h10,12-17,21,23,34,39H,11,18-20,22,24-26H2,1-9H3,(H-,48,49,50,56,59)/p+1/b51-33-. The predicted octanol–water partition coefficient (Wildman–Crippen LogP) is 7.02. The number of pyridine rings is 1. The Labute approximate surface area is 401 Å². The number of nitrogens with one attached hydrogen (secondary N) is 2. The quantitative estimate of drug-likeness (QED) is 0.0291. The number of halogens is 1. The molecule has 2 fully saturated rings. The van der Waals surface area contributed by atoms with Gasteiger partial charge >= 0.3 is 18.2 Å². The van der Waals surface area contributed by atoms with Gasteiger partial charge in [-0.3, -0.25) is 19.8 Å². The largest absolute Gasteiger partial charge is 0.497 e. The summed E-state index contributed by atoms with van der Waals surface area (Å²) < 4.78 is 26.2. The van der Waals surface area contributed by atoms with Gasteiger partial charge in [0, 0.05) is 49.8 Å². The van der Waals surface area contributed by atoms with Crippen LogP contribution in [0.4, 0.5) is 14.7 Å². The van der Waals surface area contributed by atoms with E-state index in [0.29, 0.717) is 36.6 Å². The molecule has 3 aromatic heterocycles. The van der Waals surface area contributed by atoms with Crippen LogP contribution in [-0.4, -0.2) is 110 Å². The maximum Gasteiger partial charge on any atom is 0.413 e. The van der Waals surface area contributed by atoms with E-state index >= 15 is 0 Å². The number of anilines is 1. The average molecular weight is 981 g/mol. The Morgan fingerprint density at radius 1 is 1.04 bits per heavy atom. The van der Waals surface area contributed by atoms with Crippen molar-refractivity contribution in [1.29, 1.82) is 0 Å². The topological polar surface area (TPSA) is 196 Å². The van der Waals surface area contributed by atoms with Crippen LogP contribution < -0.4 is 19.9 Å². The summed E-state index contributed by atoms with van der Waals surface area (Å²) in [6.07, 6.45) is 4.87. The number of carbonyl (C=O) groups is 5. The van der Waals surface area contributed by atoms with Gasteiger partial charge in [0.25, 0.3) is 11.8 Å². The maximum absolute atomic E-state index is 14.3. The molecule has 18 nitrogen and oxygen atoms in total. The lowest BCUT2D eigenvalue weighted by molar-refractivity contribution is -0.663. The summed E-state index contributed by atoms with van der Waals surface area (Å²) in [5.74, 6) is -1.04. The minimum absolute atomic E-state index is 0.0428. The number of benzene rings is 1. The van der Waals surface area contributed by atoms with Gasteiger partial charge in [-0.05, 0) is 91.5 Å². The zero-order chi connectivity index (χ0) is 48.4. The van der Waals surface area contributed by atoms with Gasteiger partial charge in [0.1, 0.15) is 61.8 Å². The molecule has 3 aliphatic rings. The molecule has 2 N–H and O–H groups in total. The number of thioether (sulfide) groups is 1. The first-order chi connectivity index (χ1) is 31.6. The lowest BCUT2D eigenvalue weighted by Gasteiger charge is -2.49. The predicted molar refractivity (Wildman–Crippen MR) is 253 cm³/mol. The van der Waals surface area contributed by atoms with E-state index in [4.69, 9.17) is 35.4 Å². The monoisotopic (exact) mass is 979 g/mol. The molecule has 2 atom stereocenters. The fraction of sp³-hybridized carbons (Fsp3) is 0.478. The molecule has 67 heavy (non-hydrogen) atoms. The lowest BCUT2D eigenvalue weighted by atomic mass is 10.0. The molecule has 358 valence electrons. The highest BCUT2D eigenvalue weighted by molar-refractivity contribution is 8.00. The fourth-order valence-electron chi connectivity index (χ4n) is 7.11. The molecule has 5 heterocycles. The first-order valence-corrected chi connectivity index (χ1v) is 24.0. The number of hydrogen-bond donors (Lipinski definition) is 2. The van der Waals surface area contributed by atoms with Crippen molar-refractivity contribution >= 4 is 86.5 Å². The molecule has 1 aromatic carbocycles. The van der Waals surface area contributed by atoms with Gasteiger partial charge < -0.3 is 38.6 Å². The van der Waals surface area contributed by atoms with Crippen LogP contribution in [0.2, 0.25) is 4.34 Å². The van der Waals surface area contributed by atoms with Crippen molar-refractivity contribution < 1.29 is 52.3 Å². The number of ether oxygens (including phenoxy) is 4. The normalized spacial score (nSPS) is 17.9. The summed E-state index contributed by atoms with van der Waals surface area (Å²) in [7, 11) is 3.28. The number of rotatable bonds is 16. The van der Waals surface area contributed by atoms with Crippen molar-refractivity contribution in [3.8, 4) is 5.75 Å². The summed E-state index contributed by atoms with van der Waals surface area (Å²) in [5.41, 5.74) is 1.01. The molecule has 1 aliphatic carbocycles. The Kier molecular flexibility index (Phi) is 14.5. The molecule has 21 heteroatoms. The van der Waals surface area contributed by atoms with Crippen LogP contribution in [-0.2, 0) is 53.1 Å². The molecule has 1 saturated heterocycles. The highest BCUT2D eigenvalue weighted by Crippen LogP contribution is 2.42. The van der Waals surface area contributed by atoms with Gasteiger partial charge in [0.15, 0.2) is 23.6 Å². The van der Waals surface area contributed by atoms with Crippen LogP contribution in [0.25, 0.3) is 11.0 Å². The third-order valence-corrected chi connectivity index (χ3v) is 13.3. The molecule has 2 aliphatic heterocycles. The van der Waals surface area contributed by atoms with Crippen molar-refractivity contribution in [2.75, 3.05) is 31.8 Å². The van der Waals surface area contributed by atoms with E-state index in [0.717, 1.165) is 40.8 Å². The highest BCUT2D eigenvalue weighted by Gasteiger charge is 2.55. The van der Waals surface area contributed by atoms with Gasteiger partial charge in [-0.15, -0.1) is 11.8 Å². The van der Waals surface area contributed by atoms with E-state index in [2.05, 4.69) is 25.3 Å². The van der Waals surface area contributed by atoms with Crippen LogP contribution in [0.15, 0.2) is 71.3 Å². The number of thiazole rings is 1. The van der Waals surface area contributed by atoms with Crippen molar-refractivity contribution in [2.45, 2.75) is 116 Å². The molecule has 2 unspecified atom stereocenters. The number of fused-ring (bicyclic) bond motifs is 2. The average Bonchev–Trinajstić information content (AvgIpc) is 3.68. The Bertz CT molecular complexity index is 2610. The van der Waals surface area contributed by atoms with E-state index in [1.807, 2.05) is 62.9 Å². The van der Waals surface area contributed by atoms with Crippen molar-refractivity contribution in [3.05, 3.63) is 81.7 Å². The number of aromatic nitrogens is 3. The number of amides is 4. The van der Waals surface area contributed by atoms with Crippen LogP contribution in [0.1, 0.15) is 79.0 Å². The number of β-lactam (4-membered cyclic amide) rings is 1. The minimum atomic E-state index is -1.07. The molecule has 7 rings (SSSR count). The number of oxime groups is 1. The Balaban J connectivity index is 1.12. The number of carbonyl (C=O) groups excluding carboxylic acids is 5. The zero-order valence-electron chi connectivity index (χ0n) is 39.0. The fourth-order valence-corrected chi connectivity index (χ4v) is 9.48. The van der Waals surface area contributed by atoms with Crippen LogP contribution in [0.5, 0.6) is 5.75 Å². The molecule has 0 radical (unpaired) electrons. The Morgan fingerprint density at radius 3 is 2.43 bits per heavy atom. The van der Waals surface area contributed by atoms with Gasteiger partial charge in [-0.1, -0.05) is 40.2 Å². The maximum atomic E-state index is 14.3. The first-order valence-electron chi connectivity index (χ1n) is 21.7. The lowest BCUT2D eigenvalue weighted by Crippen LogP contribution is -2.71. The summed E-state index contributed by atoms with van der Waals surface area (Å²) in [6, 6.07) is 12.0. The summed E-state index contributed by atoms with van der Waals surface area (Å²) in [5, 5.41) is 8.90. The number of aryl methyl sites for hydroxylation is 1. The van der Waals surface area contributed by atoms with Gasteiger partial charge in [-0.2, -0.15) is 4.57 Å². The summed E-state index contributed by atoms with van der Waals surface area (Å²) in [6.45, 7) is 13.8. The molecular formula is C46H56ClN8O10S2+. The molecular weight excluding hydrogens is 924 g/mol. The molecule has 0 spiro atoms. The number of methoxy groups -OCH3 is 1. The van der Waals surface area contributed by atoms with E-state index in [-0.39, 0.29) is 45.8 Å². The van der Waals surface area contributed by atoms with Crippen LogP contribution >= 0.6 is 34.7 Å². The minimum Gasteiger partial charge on any atom is -0.497 e. The smallest absolute Gasteiger partial charge is 0.413 e. The second-order valence-corrected chi connectivity index (χ2v) is 21.4. The summed E-state index contributed by atoms with van der Waals surface area (Å²) >= 11 is 8.89. The zero-order valence-corrected chi connectivity index (χ0v) is 41.4. The van der Waals surface area contributed by atoms with Crippen molar-refractivity contribution in [1.82, 2.24) is 24.7 Å². The van der Waals surface area contributed by atoms with Gasteiger partial charge in [0.05, 0.1) is 7.11 Å². The number of esters is 1. The first kappa shape index (κ1) is 49.1. The highest BCUT2D eigenvalue weighted by atomic mass is 35.5. The third kappa shape index (κ3) is 12.0. The van der Waals surface area contributed by atoms with Crippen LogP contribution in [0.3, 0.4) is 0 Å². The second-order valence-electron chi connectivity index (χ2n) is 18.7. The van der Waals surface area contributed by atoms with E-state index in [1.54, 1.807) is 64.1 Å². The van der Waals surface area contributed by atoms with Crippen molar-refractivity contribution in [2.24, 2.45) is 5.16 Å².